The Bertz CT molecular complexity index is 186. The third kappa shape index (κ3) is 2.37. The molecule has 1 aliphatic heterocycles. The second kappa shape index (κ2) is 2.93. The number of amides is 1. The number of hydrogen-bond donors (Lipinski definition) is 1. The monoisotopic (exact) mass is 182 g/mol. The smallest absolute Gasteiger partial charge is 0.339 e. The van der Waals surface area contributed by atoms with Crippen molar-refractivity contribution >= 4 is 5.91 Å². The average Bonchev–Trinajstić information content (AvgIpc) is 1.76. The molecule has 0 spiro atoms. The van der Waals surface area contributed by atoms with E-state index in [4.69, 9.17) is 5.73 Å². The molecule has 0 aromatic carbocycles. The molecule has 1 aliphatic rings. The normalized spacial score (nSPS) is 19.2. The van der Waals surface area contributed by atoms with Gasteiger partial charge < -0.3 is 10.6 Å². The predicted octanol–water partition coefficient (Wildman–Crippen LogP) is 0.108. The first-order chi connectivity index (χ1) is 5.38. The average molecular weight is 182 g/mol. The zero-order valence-corrected chi connectivity index (χ0v) is 6.27. The van der Waals surface area contributed by atoms with E-state index in [1.165, 1.54) is 0 Å². The van der Waals surface area contributed by atoms with Crippen LogP contribution < -0.4 is 5.73 Å². The summed E-state index contributed by atoms with van der Waals surface area (Å²) in [7, 11) is 0. The van der Waals surface area contributed by atoms with Crippen LogP contribution in [0.15, 0.2) is 0 Å². The van der Waals surface area contributed by atoms with E-state index in [1.807, 2.05) is 0 Å². The molecule has 1 amide bonds. The molecule has 1 heterocycles. The molecule has 2 N–H and O–H groups in total. The van der Waals surface area contributed by atoms with Gasteiger partial charge in [-0.15, -0.1) is 0 Å². The van der Waals surface area contributed by atoms with Crippen LogP contribution >= 0.6 is 0 Å². The second-order valence-corrected chi connectivity index (χ2v) is 2.85. The van der Waals surface area contributed by atoms with Gasteiger partial charge in [0.2, 0.25) is 5.91 Å². The number of rotatable bonds is 1. The van der Waals surface area contributed by atoms with E-state index in [2.05, 4.69) is 0 Å². The number of nitrogens with two attached hydrogens (primary N) is 1. The molecule has 1 rings (SSSR count). The van der Waals surface area contributed by atoms with Gasteiger partial charge in [-0.1, -0.05) is 0 Å². The molecule has 6 heteroatoms. The van der Waals surface area contributed by atoms with E-state index in [0.29, 0.717) is 0 Å². The molecular formula is C6H9F3N2O. The van der Waals surface area contributed by atoms with Crippen molar-refractivity contribution in [2.45, 2.75) is 18.6 Å². The Labute approximate surface area is 67.3 Å². The topological polar surface area (TPSA) is 46.3 Å². The largest absolute Gasteiger partial charge is 0.397 e. The highest BCUT2D eigenvalue weighted by molar-refractivity contribution is 5.77. The molecule has 0 bridgehead atoms. The van der Waals surface area contributed by atoms with Crippen LogP contribution in [0, 0.1) is 0 Å². The maximum absolute atomic E-state index is 11.6. The van der Waals surface area contributed by atoms with Crippen molar-refractivity contribution in [2.24, 2.45) is 5.73 Å². The maximum atomic E-state index is 11.6. The molecule has 1 fully saturated rings. The lowest BCUT2D eigenvalue weighted by Gasteiger charge is -2.37. The molecule has 0 saturated carbocycles. The van der Waals surface area contributed by atoms with Crippen molar-refractivity contribution in [1.29, 1.82) is 0 Å². The van der Waals surface area contributed by atoms with Crippen LogP contribution in [-0.2, 0) is 4.79 Å². The van der Waals surface area contributed by atoms with Crippen molar-refractivity contribution in [3.63, 3.8) is 0 Å². The Morgan fingerprint density at radius 1 is 1.50 bits per heavy atom. The number of carbonyl (C=O) groups excluding carboxylic acids is 1. The van der Waals surface area contributed by atoms with Gasteiger partial charge in [0.15, 0.2) is 0 Å². The summed E-state index contributed by atoms with van der Waals surface area (Å²) in [5.41, 5.74) is 5.30. The van der Waals surface area contributed by atoms with Gasteiger partial charge in [-0.25, -0.2) is 0 Å². The summed E-state index contributed by atoms with van der Waals surface area (Å²) in [5, 5.41) is 0. The fourth-order valence-corrected chi connectivity index (χ4v) is 1.000. The molecule has 0 aliphatic carbocycles. The van der Waals surface area contributed by atoms with Crippen LogP contribution in [0.3, 0.4) is 0 Å². The van der Waals surface area contributed by atoms with Gasteiger partial charge in [0.25, 0.3) is 0 Å². The summed E-state index contributed by atoms with van der Waals surface area (Å²) < 4.78 is 34.9. The summed E-state index contributed by atoms with van der Waals surface area (Å²) in [6, 6.07) is -0.151. The lowest BCUT2D eigenvalue weighted by Crippen LogP contribution is -2.58. The summed E-state index contributed by atoms with van der Waals surface area (Å²) in [4.78, 5) is 11.8. The van der Waals surface area contributed by atoms with Gasteiger partial charge >= 0.3 is 6.18 Å². The fraction of sp³-hybridized carbons (Fsp3) is 0.833. The SMILES string of the molecule is NC1CN(C(=O)CC(F)(F)F)C1. The molecule has 0 aromatic rings. The Balaban J connectivity index is 2.30. The van der Waals surface area contributed by atoms with Crippen LogP contribution in [-0.4, -0.2) is 36.1 Å². The molecule has 1 saturated heterocycles. The Morgan fingerprint density at radius 2 is 2.00 bits per heavy atom. The van der Waals surface area contributed by atoms with Gasteiger partial charge in [0, 0.05) is 19.1 Å². The fourth-order valence-electron chi connectivity index (χ4n) is 1.000. The van der Waals surface area contributed by atoms with Gasteiger partial charge in [-0.2, -0.15) is 13.2 Å². The highest BCUT2D eigenvalue weighted by Crippen LogP contribution is 2.22. The minimum absolute atomic E-state index is 0.151. The number of carbonyl (C=O) groups is 1. The van der Waals surface area contributed by atoms with E-state index in [1.54, 1.807) is 0 Å². The molecule has 3 nitrogen and oxygen atoms in total. The minimum Gasteiger partial charge on any atom is -0.339 e. The van der Waals surface area contributed by atoms with Gasteiger partial charge in [-0.3, -0.25) is 4.79 Å². The van der Waals surface area contributed by atoms with Gasteiger partial charge in [-0.05, 0) is 0 Å². The van der Waals surface area contributed by atoms with Gasteiger partial charge in [0.05, 0.1) is 0 Å². The van der Waals surface area contributed by atoms with E-state index in [9.17, 15) is 18.0 Å². The summed E-state index contributed by atoms with van der Waals surface area (Å²) in [6.07, 6.45) is -5.78. The van der Waals surface area contributed by atoms with Crippen molar-refractivity contribution in [1.82, 2.24) is 4.90 Å². The van der Waals surface area contributed by atoms with E-state index < -0.39 is 18.5 Å². The van der Waals surface area contributed by atoms with Crippen LogP contribution in [0.4, 0.5) is 13.2 Å². The summed E-state index contributed by atoms with van der Waals surface area (Å²) >= 11 is 0. The molecule has 0 unspecified atom stereocenters. The third-order valence-electron chi connectivity index (χ3n) is 1.61. The first-order valence-electron chi connectivity index (χ1n) is 3.48. The zero-order chi connectivity index (χ0) is 9.35. The van der Waals surface area contributed by atoms with Crippen molar-refractivity contribution in [2.75, 3.05) is 13.1 Å². The number of likely N-dealkylation sites (tertiary alicyclic amines) is 1. The van der Waals surface area contributed by atoms with E-state index >= 15 is 0 Å². The summed E-state index contributed by atoms with van der Waals surface area (Å²) in [6.45, 7) is 0.490. The van der Waals surface area contributed by atoms with Crippen molar-refractivity contribution in [3.8, 4) is 0 Å². The van der Waals surface area contributed by atoms with Crippen molar-refractivity contribution < 1.29 is 18.0 Å². The predicted molar refractivity (Wildman–Crippen MR) is 35.2 cm³/mol. The minimum atomic E-state index is -4.41. The molecule has 0 aromatic heterocycles. The first-order valence-corrected chi connectivity index (χ1v) is 3.48. The zero-order valence-electron chi connectivity index (χ0n) is 6.27. The lowest BCUT2D eigenvalue weighted by atomic mass is 10.1. The molecule has 0 atom stereocenters. The molecule has 0 radical (unpaired) electrons. The van der Waals surface area contributed by atoms with E-state index in [0.717, 1.165) is 4.90 Å². The molecule has 12 heavy (non-hydrogen) atoms. The lowest BCUT2D eigenvalue weighted by molar-refractivity contribution is -0.164. The van der Waals surface area contributed by atoms with Crippen LogP contribution in [0.1, 0.15) is 6.42 Å². The van der Waals surface area contributed by atoms with Gasteiger partial charge in [0.1, 0.15) is 6.42 Å². The van der Waals surface area contributed by atoms with Crippen molar-refractivity contribution in [3.05, 3.63) is 0 Å². The Morgan fingerprint density at radius 3 is 2.33 bits per heavy atom. The highest BCUT2D eigenvalue weighted by atomic mass is 19.4. The highest BCUT2D eigenvalue weighted by Gasteiger charge is 2.36. The summed E-state index contributed by atoms with van der Waals surface area (Å²) in [5.74, 6) is -0.885. The third-order valence-corrected chi connectivity index (χ3v) is 1.61. The molecular weight excluding hydrogens is 173 g/mol. The van der Waals surface area contributed by atoms with E-state index in [-0.39, 0.29) is 19.1 Å². The number of nitrogens with zero attached hydrogens (tertiary/aromatic N) is 1. The quantitative estimate of drug-likeness (QED) is 0.625. The first kappa shape index (κ1) is 9.31. The number of halogens is 3. The standard InChI is InChI=1S/C6H9F3N2O/c7-6(8,9)1-5(12)11-2-4(10)3-11/h4H,1-3,10H2. The Kier molecular flexibility index (Phi) is 2.27. The van der Waals surface area contributed by atoms with Crippen LogP contribution in [0.2, 0.25) is 0 Å². The second-order valence-electron chi connectivity index (χ2n) is 2.85. The number of alkyl halides is 3. The molecule has 70 valence electrons. The Hall–Kier alpha value is -0.780. The van der Waals surface area contributed by atoms with Crippen LogP contribution in [0.5, 0.6) is 0 Å². The van der Waals surface area contributed by atoms with Crippen LogP contribution in [0.25, 0.3) is 0 Å². The number of hydrogen-bond acceptors (Lipinski definition) is 2. The maximum Gasteiger partial charge on any atom is 0.397 e.